The Morgan fingerprint density at radius 2 is 1.55 bits per heavy atom. The van der Waals surface area contributed by atoms with Gasteiger partial charge >= 0.3 is 24.4 Å². The average molecular weight is 727 g/mol. The van der Waals surface area contributed by atoms with Crippen LogP contribution in [0.2, 0.25) is 0 Å². The van der Waals surface area contributed by atoms with Crippen molar-refractivity contribution in [2.45, 2.75) is 102 Å². The first-order chi connectivity index (χ1) is 23.9. The van der Waals surface area contributed by atoms with Crippen LogP contribution in [0.25, 0.3) is 5.57 Å². The SMILES string of the molecule is C=C/C(=C\N(C)N)c1cnc(N(Cc2cc(C(F)(F)F)cc(C(F)(F)F)c2)[C@H]2C[C@@H](CC)N(C(=O)OCC3(C(=O)O)CCCC3)[C@@H](CC)C2)nc1. The van der Waals surface area contributed by atoms with Crippen molar-refractivity contribution < 1.29 is 45.8 Å². The lowest BCUT2D eigenvalue weighted by molar-refractivity contribution is -0.151. The first-order valence-electron chi connectivity index (χ1n) is 16.8. The quantitative estimate of drug-likeness (QED) is 0.0982. The molecule has 0 radical (unpaired) electrons. The summed E-state index contributed by atoms with van der Waals surface area (Å²) >= 11 is 0. The number of carbonyl (C=O) groups excluding carboxylic acids is 1. The smallest absolute Gasteiger partial charge is 0.416 e. The summed E-state index contributed by atoms with van der Waals surface area (Å²) in [7, 11) is 1.60. The number of aliphatic carboxylic acids is 1. The number of hydrogen-bond acceptors (Lipinski definition) is 8. The van der Waals surface area contributed by atoms with Crippen molar-refractivity contribution in [2.75, 3.05) is 18.6 Å². The van der Waals surface area contributed by atoms with Gasteiger partial charge in [-0.2, -0.15) is 26.3 Å². The molecule has 4 rings (SSSR count). The Kier molecular flexibility index (Phi) is 12.3. The number of allylic oxidation sites excluding steroid dienone is 2. The number of carboxylic acid groups (broad SMARTS) is 1. The third kappa shape index (κ3) is 9.32. The minimum atomic E-state index is -5.04. The highest BCUT2D eigenvalue weighted by molar-refractivity contribution is 5.76. The number of anilines is 1. The van der Waals surface area contributed by atoms with Crippen molar-refractivity contribution in [1.29, 1.82) is 0 Å². The number of carboxylic acids is 1. The highest BCUT2D eigenvalue weighted by Crippen LogP contribution is 2.41. The molecule has 3 N–H and O–H groups in total. The summed E-state index contributed by atoms with van der Waals surface area (Å²) in [5.41, 5.74) is -3.19. The number of amides is 1. The van der Waals surface area contributed by atoms with Crippen LogP contribution in [0.5, 0.6) is 0 Å². The highest BCUT2D eigenvalue weighted by Gasteiger charge is 2.45. The molecule has 3 atom stereocenters. The van der Waals surface area contributed by atoms with Gasteiger partial charge in [0.05, 0.1) is 11.1 Å². The Morgan fingerprint density at radius 3 is 1.98 bits per heavy atom. The maximum Gasteiger partial charge on any atom is 0.416 e. The van der Waals surface area contributed by atoms with E-state index in [4.69, 9.17) is 10.6 Å². The summed E-state index contributed by atoms with van der Waals surface area (Å²) in [6.45, 7) is 6.81. The minimum Gasteiger partial charge on any atom is -0.481 e. The van der Waals surface area contributed by atoms with Crippen molar-refractivity contribution >= 4 is 23.6 Å². The van der Waals surface area contributed by atoms with E-state index < -0.39 is 65.6 Å². The number of alkyl halides is 6. The van der Waals surface area contributed by atoms with E-state index in [-0.39, 0.29) is 37.0 Å². The Bertz CT molecular complexity index is 1530. The van der Waals surface area contributed by atoms with Crippen LogP contribution in [0.4, 0.5) is 37.1 Å². The van der Waals surface area contributed by atoms with Gasteiger partial charge in [0.1, 0.15) is 12.0 Å². The van der Waals surface area contributed by atoms with Crippen LogP contribution in [0.3, 0.4) is 0 Å². The molecular formula is C35H44F6N6O4. The number of piperidine rings is 1. The van der Waals surface area contributed by atoms with Crippen molar-refractivity contribution in [3.05, 3.63) is 71.7 Å². The molecule has 51 heavy (non-hydrogen) atoms. The molecule has 0 unspecified atom stereocenters. The fourth-order valence-corrected chi connectivity index (χ4v) is 7.03. The molecule has 1 saturated carbocycles. The lowest BCUT2D eigenvalue weighted by Crippen LogP contribution is -2.57. The Morgan fingerprint density at radius 1 is 1.02 bits per heavy atom. The van der Waals surface area contributed by atoms with Crippen molar-refractivity contribution in [3.8, 4) is 0 Å². The zero-order valence-corrected chi connectivity index (χ0v) is 28.8. The summed E-state index contributed by atoms with van der Waals surface area (Å²) in [6, 6.07) is 0.0400. The van der Waals surface area contributed by atoms with Gasteiger partial charge in [-0.15, -0.1) is 0 Å². The largest absolute Gasteiger partial charge is 0.481 e. The van der Waals surface area contributed by atoms with Gasteiger partial charge in [-0.3, -0.25) is 4.79 Å². The molecule has 0 bridgehead atoms. The van der Waals surface area contributed by atoms with Crippen LogP contribution < -0.4 is 10.7 Å². The zero-order chi connectivity index (χ0) is 37.7. The normalized spacial score (nSPS) is 20.9. The second-order valence-electron chi connectivity index (χ2n) is 13.3. The molecule has 0 spiro atoms. The fraction of sp³-hybridized carbons (Fsp3) is 0.543. The van der Waals surface area contributed by atoms with E-state index in [0.717, 1.165) is 12.8 Å². The van der Waals surface area contributed by atoms with Gasteiger partial charge in [-0.1, -0.05) is 39.3 Å². The number of rotatable bonds is 12. The number of likely N-dealkylation sites (tertiary alicyclic amines) is 1. The second kappa shape index (κ2) is 15.9. The van der Waals surface area contributed by atoms with E-state index in [2.05, 4.69) is 16.5 Å². The van der Waals surface area contributed by atoms with Crippen LogP contribution in [0.1, 0.15) is 87.5 Å². The average Bonchev–Trinajstić information content (AvgIpc) is 3.57. The number of aromatic nitrogens is 2. The minimum absolute atomic E-state index is 0.0598. The molecule has 2 aliphatic rings. The van der Waals surface area contributed by atoms with Gasteiger partial charge < -0.3 is 24.7 Å². The van der Waals surface area contributed by atoms with Gasteiger partial charge in [0.2, 0.25) is 5.95 Å². The van der Waals surface area contributed by atoms with Crippen LogP contribution >= 0.6 is 0 Å². The molecule has 1 aliphatic heterocycles. The summed E-state index contributed by atoms with van der Waals surface area (Å²) in [4.78, 5) is 37.8. The summed E-state index contributed by atoms with van der Waals surface area (Å²) in [6.07, 6.45) is -1.06. The van der Waals surface area contributed by atoms with Crippen LogP contribution in [0, 0.1) is 5.41 Å². The van der Waals surface area contributed by atoms with Crippen molar-refractivity contribution in [3.63, 3.8) is 0 Å². The lowest BCUT2D eigenvalue weighted by Gasteiger charge is -2.47. The number of hydrazine groups is 1. The zero-order valence-electron chi connectivity index (χ0n) is 28.8. The fourth-order valence-electron chi connectivity index (χ4n) is 7.03. The maximum absolute atomic E-state index is 13.8. The third-order valence-corrected chi connectivity index (χ3v) is 9.75. The Balaban J connectivity index is 1.72. The van der Waals surface area contributed by atoms with E-state index in [9.17, 15) is 41.0 Å². The predicted octanol–water partition coefficient (Wildman–Crippen LogP) is 7.66. The molecule has 10 nitrogen and oxygen atoms in total. The van der Waals surface area contributed by atoms with Crippen molar-refractivity contribution in [2.24, 2.45) is 11.3 Å². The van der Waals surface area contributed by atoms with E-state index in [1.807, 2.05) is 13.8 Å². The predicted molar refractivity (Wildman–Crippen MR) is 178 cm³/mol. The van der Waals surface area contributed by atoms with E-state index in [1.165, 1.54) is 23.5 Å². The number of nitrogens with zero attached hydrogens (tertiary/aromatic N) is 5. The Hall–Kier alpha value is -4.34. The molecule has 1 aromatic carbocycles. The summed E-state index contributed by atoms with van der Waals surface area (Å²) < 4.78 is 88.6. The molecule has 2 heterocycles. The summed E-state index contributed by atoms with van der Waals surface area (Å²) in [5.74, 6) is 4.79. The second-order valence-corrected chi connectivity index (χ2v) is 13.3. The number of hydrogen-bond donors (Lipinski definition) is 2. The van der Waals surface area contributed by atoms with Gasteiger partial charge in [0.15, 0.2) is 0 Å². The number of nitrogens with two attached hydrogens (primary N) is 1. The third-order valence-electron chi connectivity index (χ3n) is 9.75. The Labute approximate surface area is 292 Å². The number of benzene rings is 1. The van der Waals surface area contributed by atoms with Gasteiger partial charge in [-0.05, 0) is 62.3 Å². The lowest BCUT2D eigenvalue weighted by atomic mass is 9.87. The first-order valence-corrected chi connectivity index (χ1v) is 16.8. The van der Waals surface area contributed by atoms with E-state index in [1.54, 1.807) is 23.0 Å². The molecular weight excluding hydrogens is 682 g/mol. The molecule has 16 heteroatoms. The topological polar surface area (TPSA) is 125 Å². The van der Waals surface area contributed by atoms with Crippen LogP contribution in [-0.4, -0.2) is 68.8 Å². The molecule has 280 valence electrons. The highest BCUT2D eigenvalue weighted by atomic mass is 19.4. The molecule has 2 fully saturated rings. The van der Waals surface area contributed by atoms with E-state index in [0.29, 0.717) is 49.0 Å². The molecule has 1 aromatic heterocycles. The monoisotopic (exact) mass is 726 g/mol. The molecule has 1 aliphatic carbocycles. The summed E-state index contributed by atoms with van der Waals surface area (Å²) in [5, 5.41) is 11.2. The van der Waals surface area contributed by atoms with Gasteiger partial charge in [0.25, 0.3) is 0 Å². The van der Waals surface area contributed by atoms with Crippen LogP contribution in [-0.2, 0) is 28.4 Å². The van der Waals surface area contributed by atoms with Gasteiger partial charge in [-0.25, -0.2) is 20.6 Å². The molecule has 1 saturated heterocycles. The first kappa shape index (κ1) is 39.4. The van der Waals surface area contributed by atoms with Gasteiger partial charge in [0, 0.05) is 61.4 Å². The standard InChI is InChI=1S/C35H44F6N6O4/c1-5-23(20-45(4)42)24-17-43-31(44-18-24)46(19-22-12-25(34(36,37)38)14-26(13-22)35(39,40)41)29-15-27(6-2)47(28(7-3)16-29)32(50)51-21-33(30(48)49)10-8-9-11-33/h5,12-14,17-18,20,27-29H,1,6-11,15-16,19,21,42H2,2-4H3,(H,48,49)/b23-20+/t27-,28+,29+. The number of halogens is 6. The van der Waals surface area contributed by atoms with Crippen LogP contribution in [0.15, 0.2) is 49.4 Å². The van der Waals surface area contributed by atoms with Crippen molar-refractivity contribution in [1.82, 2.24) is 19.9 Å². The number of carbonyl (C=O) groups is 2. The van der Waals surface area contributed by atoms with E-state index >= 15 is 0 Å². The molecule has 1 amide bonds. The maximum atomic E-state index is 13.8. The number of ether oxygens (including phenoxy) is 1. The molecule has 2 aromatic rings.